The Hall–Kier alpha value is -3.91. The molecule has 4 rings (SSSR count). The van der Waals surface area contributed by atoms with E-state index in [1.807, 2.05) is 30.3 Å². The number of anilines is 1. The summed E-state index contributed by atoms with van der Waals surface area (Å²) >= 11 is 0. The van der Waals surface area contributed by atoms with Crippen molar-refractivity contribution in [2.75, 3.05) is 19.0 Å². The molecule has 2 aromatic heterocycles. The van der Waals surface area contributed by atoms with E-state index < -0.39 is 0 Å². The molecule has 0 spiro atoms. The van der Waals surface area contributed by atoms with Crippen LogP contribution in [0.3, 0.4) is 0 Å². The van der Waals surface area contributed by atoms with Crippen LogP contribution < -0.4 is 15.4 Å². The second-order valence-electron chi connectivity index (χ2n) is 6.50. The van der Waals surface area contributed by atoms with Gasteiger partial charge in [0.1, 0.15) is 22.7 Å². The van der Waals surface area contributed by atoms with Gasteiger partial charge in [-0.25, -0.2) is 0 Å². The summed E-state index contributed by atoms with van der Waals surface area (Å²) in [4.78, 5) is 20.2. The number of oxazole rings is 1. The van der Waals surface area contributed by atoms with E-state index in [1.54, 1.807) is 37.4 Å². The summed E-state index contributed by atoms with van der Waals surface area (Å²) in [6, 6.07) is 18.0. The molecule has 0 aliphatic carbocycles. The maximum Gasteiger partial charge on any atom is 0.296 e. The van der Waals surface area contributed by atoms with Crippen LogP contribution in [0.25, 0.3) is 11.1 Å². The second kappa shape index (κ2) is 8.62. The molecular weight excluding hydrogens is 384 g/mol. The lowest BCUT2D eigenvalue weighted by Crippen LogP contribution is -2.18. The maximum absolute atomic E-state index is 11.7. The van der Waals surface area contributed by atoms with Gasteiger partial charge < -0.3 is 24.9 Å². The monoisotopic (exact) mass is 404 g/mol. The molecule has 152 valence electrons. The maximum atomic E-state index is 11.7. The number of nitrogens with one attached hydrogen (secondary N) is 2. The highest BCUT2D eigenvalue weighted by molar-refractivity contribution is 5.92. The molecule has 0 radical (unpaired) electrons. The number of benzene rings is 2. The Bertz CT molecular complexity index is 1160. The van der Waals surface area contributed by atoms with Gasteiger partial charge in [0.25, 0.3) is 11.9 Å². The minimum Gasteiger partial charge on any atom is -0.457 e. The average Bonchev–Trinajstić information content (AvgIpc) is 3.19. The van der Waals surface area contributed by atoms with E-state index in [0.29, 0.717) is 28.6 Å². The molecule has 2 heterocycles. The summed E-state index contributed by atoms with van der Waals surface area (Å²) < 4.78 is 11.6. The number of amides is 1. The van der Waals surface area contributed by atoms with Gasteiger partial charge in [0.15, 0.2) is 5.58 Å². The third-order valence-electron chi connectivity index (χ3n) is 4.47. The summed E-state index contributed by atoms with van der Waals surface area (Å²) in [5, 5.41) is 15.4. The lowest BCUT2D eigenvalue weighted by atomic mass is 10.1. The van der Waals surface area contributed by atoms with E-state index in [4.69, 9.17) is 9.15 Å². The van der Waals surface area contributed by atoms with E-state index in [2.05, 4.69) is 20.6 Å². The minimum absolute atomic E-state index is 0.104. The largest absolute Gasteiger partial charge is 0.457 e. The van der Waals surface area contributed by atoms with Crippen molar-refractivity contribution in [1.29, 1.82) is 0 Å². The first-order valence-corrected chi connectivity index (χ1v) is 9.35. The predicted octanol–water partition coefficient (Wildman–Crippen LogP) is 3.52. The number of rotatable bonds is 7. The van der Waals surface area contributed by atoms with Crippen molar-refractivity contribution in [2.24, 2.45) is 0 Å². The van der Waals surface area contributed by atoms with Crippen LogP contribution in [0.2, 0.25) is 0 Å². The van der Waals surface area contributed by atoms with Gasteiger partial charge in [-0.3, -0.25) is 9.78 Å². The molecule has 1 atom stereocenters. The summed E-state index contributed by atoms with van der Waals surface area (Å²) in [5.41, 5.74) is 2.37. The predicted molar refractivity (Wildman–Crippen MR) is 112 cm³/mol. The highest BCUT2D eigenvalue weighted by Gasteiger charge is 2.14. The standard InChI is InChI=1S/C22H20N4O4/c1-23-21(28)18-11-16(9-10-24-18)29-15-7-8-17-20(12-15)30-22(25-17)26-19(13-27)14-5-3-2-4-6-14/h2-12,19,27H,13H2,1H3,(H,23,28)(H,25,26)/t19-/m1/s1. The number of hydrogen-bond acceptors (Lipinski definition) is 7. The summed E-state index contributed by atoms with van der Waals surface area (Å²) in [6.07, 6.45) is 1.51. The lowest BCUT2D eigenvalue weighted by Gasteiger charge is -2.14. The fourth-order valence-corrected chi connectivity index (χ4v) is 2.96. The van der Waals surface area contributed by atoms with Crippen molar-refractivity contribution in [1.82, 2.24) is 15.3 Å². The number of hydrogen-bond donors (Lipinski definition) is 3. The number of fused-ring (bicyclic) bond motifs is 1. The molecule has 2 aromatic carbocycles. The Labute approximate surface area is 172 Å². The topological polar surface area (TPSA) is 110 Å². The molecule has 30 heavy (non-hydrogen) atoms. The van der Waals surface area contributed by atoms with Gasteiger partial charge in [-0.2, -0.15) is 4.98 Å². The number of nitrogens with zero attached hydrogens (tertiary/aromatic N) is 2. The van der Waals surface area contributed by atoms with Crippen molar-refractivity contribution < 1.29 is 19.1 Å². The van der Waals surface area contributed by atoms with Crippen LogP contribution in [0.5, 0.6) is 11.5 Å². The fourth-order valence-electron chi connectivity index (χ4n) is 2.96. The van der Waals surface area contributed by atoms with Crippen molar-refractivity contribution in [3.63, 3.8) is 0 Å². The minimum atomic E-state index is -0.338. The summed E-state index contributed by atoms with van der Waals surface area (Å²) in [7, 11) is 1.54. The molecule has 0 fully saturated rings. The number of carbonyl (C=O) groups excluding carboxylic acids is 1. The summed E-state index contributed by atoms with van der Waals surface area (Å²) in [6.45, 7) is -0.104. The molecule has 0 saturated heterocycles. The van der Waals surface area contributed by atoms with E-state index in [1.165, 1.54) is 6.20 Å². The van der Waals surface area contributed by atoms with Gasteiger partial charge in [-0.1, -0.05) is 30.3 Å². The quantitative estimate of drug-likeness (QED) is 0.432. The Morgan fingerprint density at radius 2 is 1.93 bits per heavy atom. The molecular formula is C22H20N4O4. The Morgan fingerprint density at radius 3 is 2.70 bits per heavy atom. The molecule has 1 amide bonds. The van der Waals surface area contributed by atoms with Crippen LogP contribution in [-0.2, 0) is 0 Å². The summed E-state index contributed by atoms with van der Waals surface area (Å²) in [5.74, 6) is 0.713. The molecule has 0 unspecified atom stereocenters. The second-order valence-corrected chi connectivity index (χ2v) is 6.50. The lowest BCUT2D eigenvalue weighted by molar-refractivity contribution is 0.0958. The number of ether oxygens (including phenoxy) is 1. The van der Waals surface area contributed by atoms with Gasteiger partial charge in [0, 0.05) is 25.4 Å². The van der Waals surface area contributed by atoms with E-state index in [0.717, 1.165) is 5.56 Å². The smallest absolute Gasteiger partial charge is 0.296 e. The SMILES string of the molecule is CNC(=O)c1cc(Oc2ccc3nc(N[C@H](CO)c4ccccc4)oc3c2)ccn1. The zero-order valence-corrected chi connectivity index (χ0v) is 16.2. The van der Waals surface area contributed by atoms with Crippen LogP contribution in [0.15, 0.2) is 71.3 Å². The number of aliphatic hydroxyl groups excluding tert-OH is 1. The fraction of sp³-hybridized carbons (Fsp3) is 0.136. The first-order valence-electron chi connectivity index (χ1n) is 9.35. The molecule has 8 heteroatoms. The van der Waals surface area contributed by atoms with E-state index in [-0.39, 0.29) is 24.2 Å². The van der Waals surface area contributed by atoms with Crippen molar-refractivity contribution in [3.05, 3.63) is 78.1 Å². The van der Waals surface area contributed by atoms with Crippen LogP contribution >= 0.6 is 0 Å². The van der Waals surface area contributed by atoms with Crippen LogP contribution in [0.4, 0.5) is 6.01 Å². The zero-order chi connectivity index (χ0) is 20.9. The van der Waals surface area contributed by atoms with Crippen molar-refractivity contribution in [2.45, 2.75) is 6.04 Å². The molecule has 0 aliphatic heterocycles. The number of aromatic nitrogens is 2. The number of aliphatic hydroxyl groups is 1. The first kappa shape index (κ1) is 19.4. The molecule has 0 aliphatic rings. The van der Waals surface area contributed by atoms with E-state index in [9.17, 15) is 9.90 Å². The van der Waals surface area contributed by atoms with Crippen LogP contribution in [0, 0.1) is 0 Å². The number of pyridine rings is 1. The third kappa shape index (κ3) is 4.23. The third-order valence-corrected chi connectivity index (χ3v) is 4.47. The molecule has 3 N–H and O–H groups in total. The highest BCUT2D eigenvalue weighted by atomic mass is 16.5. The number of carbonyl (C=O) groups is 1. The van der Waals surface area contributed by atoms with Crippen molar-refractivity contribution >= 4 is 23.0 Å². The average molecular weight is 404 g/mol. The Kier molecular flexibility index (Phi) is 5.58. The van der Waals surface area contributed by atoms with Crippen LogP contribution in [0.1, 0.15) is 22.1 Å². The van der Waals surface area contributed by atoms with Gasteiger partial charge in [-0.05, 0) is 23.8 Å². The van der Waals surface area contributed by atoms with Crippen molar-refractivity contribution in [3.8, 4) is 11.5 Å². The zero-order valence-electron chi connectivity index (χ0n) is 16.2. The highest BCUT2D eigenvalue weighted by Crippen LogP contribution is 2.29. The van der Waals surface area contributed by atoms with Gasteiger partial charge in [-0.15, -0.1) is 0 Å². The molecule has 0 bridgehead atoms. The van der Waals surface area contributed by atoms with E-state index >= 15 is 0 Å². The van der Waals surface area contributed by atoms with Gasteiger partial charge in [0.05, 0.1) is 12.6 Å². The normalized spacial score (nSPS) is 11.8. The Morgan fingerprint density at radius 1 is 1.13 bits per heavy atom. The van der Waals surface area contributed by atoms with Crippen LogP contribution in [-0.4, -0.2) is 34.6 Å². The molecule has 4 aromatic rings. The Balaban J connectivity index is 1.53. The van der Waals surface area contributed by atoms with Gasteiger partial charge in [0.2, 0.25) is 0 Å². The molecule has 0 saturated carbocycles. The van der Waals surface area contributed by atoms with Gasteiger partial charge >= 0.3 is 0 Å². The molecule has 8 nitrogen and oxygen atoms in total. The first-order chi connectivity index (χ1) is 14.7.